The van der Waals surface area contributed by atoms with E-state index in [1.165, 1.54) is 6.07 Å². The molecular formula is C21H25F3N4O4. The van der Waals surface area contributed by atoms with Crippen molar-refractivity contribution < 1.29 is 32.2 Å². The molecule has 1 aromatic rings. The fourth-order valence-corrected chi connectivity index (χ4v) is 5.22. The molecule has 8 nitrogen and oxygen atoms in total. The highest BCUT2D eigenvalue weighted by atomic mass is 19.4. The number of alkyl halides is 3. The first-order valence-electron chi connectivity index (χ1n) is 10.8. The number of nitrogens with one attached hydrogen (secondary N) is 1. The molecule has 32 heavy (non-hydrogen) atoms. The van der Waals surface area contributed by atoms with Gasteiger partial charge in [-0.2, -0.15) is 13.2 Å². The van der Waals surface area contributed by atoms with Crippen molar-refractivity contribution in [1.29, 1.82) is 0 Å². The van der Waals surface area contributed by atoms with Crippen LogP contribution in [0.15, 0.2) is 18.3 Å². The number of hydrogen-bond acceptors (Lipinski definition) is 5. The second-order valence-electron chi connectivity index (χ2n) is 9.35. The number of hydrogen-bond donors (Lipinski definition) is 1. The van der Waals surface area contributed by atoms with E-state index in [4.69, 9.17) is 9.47 Å². The minimum absolute atomic E-state index is 0.0118. The van der Waals surface area contributed by atoms with Gasteiger partial charge in [0.05, 0.1) is 18.2 Å². The normalized spacial score (nSPS) is 27.7. The molecule has 1 saturated carbocycles. The van der Waals surface area contributed by atoms with Gasteiger partial charge in [-0.1, -0.05) is 0 Å². The Kier molecular flexibility index (Phi) is 5.18. The molecule has 0 radical (unpaired) electrons. The van der Waals surface area contributed by atoms with Gasteiger partial charge in [-0.15, -0.1) is 0 Å². The van der Waals surface area contributed by atoms with Gasteiger partial charge in [-0.3, -0.25) is 4.79 Å². The van der Waals surface area contributed by atoms with E-state index in [0.717, 1.165) is 31.5 Å². The summed E-state index contributed by atoms with van der Waals surface area (Å²) in [7, 11) is 0. The molecular weight excluding hydrogens is 429 g/mol. The Morgan fingerprint density at radius 3 is 2.72 bits per heavy atom. The van der Waals surface area contributed by atoms with Crippen molar-refractivity contribution in [2.24, 2.45) is 11.3 Å². The zero-order chi connectivity index (χ0) is 22.5. The van der Waals surface area contributed by atoms with Gasteiger partial charge in [0.15, 0.2) is 0 Å². The summed E-state index contributed by atoms with van der Waals surface area (Å²) in [6.07, 6.45) is -1.45. The number of likely N-dealkylation sites (tertiary alicyclic amines) is 2. The zero-order valence-corrected chi connectivity index (χ0v) is 17.4. The molecule has 1 N–H and O–H groups in total. The van der Waals surface area contributed by atoms with E-state index in [9.17, 15) is 22.8 Å². The van der Waals surface area contributed by atoms with Crippen LogP contribution in [0.4, 0.5) is 18.0 Å². The molecule has 0 bridgehead atoms. The van der Waals surface area contributed by atoms with E-state index in [2.05, 4.69) is 10.3 Å². The number of aromatic nitrogens is 1. The van der Waals surface area contributed by atoms with Crippen LogP contribution in [0.5, 0.6) is 5.88 Å². The molecule has 0 aromatic carbocycles. The third-order valence-electron chi connectivity index (χ3n) is 6.93. The summed E-state index contributed by atoms with van der Waals surface area (Å²) in [5.74, 6) is 0.275. The van der Waals surface area contributed by atoms with Crippen LogP contribution in [0, 0.1) is 11.3 Å². The minimum Gasteiger partial charge on any atom is -0.474 e. The van der Waals surface area contributed by atoms with Crippen molar-refractivity contribution in [2.45, 2.75) is 37.6 Å². The Labute approximate surface area is 183 Å². The third-order valence-corrected chi connectivity index (χ3v) is 6.93. The highest BCUT2D eigenvalue weighted by Crippen LogP contribution is 2.50. The molecule has 1 aliphatic carbocycles. The van der Waals surface area contributed by atoms with Crippen LogP contribution in [-0.2, 0) is 15.7 Å². The molecule has 5 rings (SSSR count). The monoisotopic (exact) mass is 454 g/mol. The standard InChI is InChI=1S/C21H25F3N4O4/c22-21(23,24)14-1-2-18(25-7-14)32-15-5-20(6-15)11-28(12-20)19(30)27-4-3-13-9-31-10-17(29)26-16(13)8-27/h1-2,7,13,15-16H,3-6,8-12H2,(H,26,29)/t13-,16-/m1/s1. The van der Waals surface area contributed by atoms with Gasteiger partial charge in [0.1, 0.15) is 12.7 Å². The molecule has 1 spiro atoms. The number of piperidine rings is 1. The van der Waals surface area contributed by atoms with Crippen LogP contribution < -0.4 is 10.1 Å². The lowest BCUT2D eigenvalue weighted by molar-refractivity contribution is -0.138. The number of nitrogens with zero attached hydrogens (tertiary/aromatic N) is 3. The molecule has 0 unspecified atom stereocenters. The summed E-state index contributed by atoms with van der Waals surface area (Å²) in [5.41, 5.74) is -0.780. The third kappa shape index (κ3) is 4.10. The zero-order valence-electron chi connectivity index (χ0n) is 17.4. The predicted molar refractivity (Wildman–Crippen MR) is 105 cm³/mol. The molecule has 11 heteroatoms. The number of halogens is 3. The lowest BCUT2D eigenvalue weighted by Gasteiger charge is -2.59. The highest BCUT2D eigenvalue weighted by Gasteiger charge is 2.55. The molecule has 3 aliphatic heterocycles. The van der Waals surface area contributed by atoms with E-state index in [1.807, 2.05) is 4.90 Å². The lowest BCUT2D eigenvalue weighted by Crippen LogP contribution is -2.68. The molecule has 3 saturated heterocycles. The molecule has 174 valence electrons. The summed E-state index contributed by atoms with van der Waals surface area (Å²) < 4.78 is 49.0. The van der Waals surface area contributed by atoms with Crippen molar-refractivity contribution in [3.8, 4) is 5.88 Å². The van der Waals surface area contributed by atoms with E-state index >= 15 is 0 Å². The number of fused-ring (bicyclic) bond motifs is 1. The van der Waals surface area contributed by atoms with E-state index in [0.29, 0.717) is 32.8 Å². The van der Waals surface area contributed by atoms with Crippen LogP contribution in [0.1, 0.15) is 24.8 Å². The quantitative estimate of drug-likeness (QED) is 0.738. The van der Waals surface area contributed by atoms with Gasteiger partial charge in [-0.05, 0) is 25.3 Å². The lowest BCUT2D eigenvalue weighted by atomic mass is 9.62. The highest BCUT2D eigenvalue weighted by molar-refractivity contribution is 5.78. The number of carbonyl (C=O) groups is 2. The van der Waals surface area contributed by atoms with Gasteiger partial charge >= 0.3 is 12.2 Å². The van der Waals surface area contributed by atoms with Crippen LogP contribution in [0.25, 0.3) is 0 Å². The van der Waals surface area contributed by atoms with Crippen molar-refractivity contribution in [3.05, 3.63) is 23.9 Å². The Bertz CT molecular complexity index is 880. The first-order chi connectivity index (χ1) is 15.2. The molecule has 3 amide bonds. The van der Waals surface area contributed by atoms with Gasteiger partial charge in [0, 0.05) is 49.8 Å². The van der Waals surface area contributed by atoms with Crippen molar-refractivity contribution in [3.63, 3.8) is 0 Å². The van der Waals surface area contributed by atoms with Gasteiger partial charge in [-0.25, -0.2) is 9.78 Å². The maximum Gasteiger partial charge on any atom is 0.417 e. The maximum absolute atomic E-state index is 12.9. The number of ether oxygens (including phenoxy) is 2. The summed E-state index contributed by atoms with van der Waals surface area (Å²) in [6, 6.07) is 2.12. The number of amides is 3. The largest absolute Gasteiger partial charge is 0.474 e. The van der Waals surface area contributed by atoms with Crippen molar-refractivity contribution >= 4 is 11.9 Å². The van der Waals surface area contributed by atoms with Crippen LogP contribution in [0.3, 0.4) is 0 Å². The average Bonchev–Trinajstić information content (AvgIpc) is 2.87. The average molecular weight is 454 g/mol. The Morgan fingerprint density at radius 2 is 2.03 bits per heavy atom. The smallest absolute Gasteiger partial charge is 0.417 e. The first kappa shape index (κ1) is 21.3. The van der Waals surface area contributed by atoms with Crippen LogP contribution >= 0.6 is 0 Å². The maximum atomic E-state index is 12.9. The van der Waals surface area contributed by atoms with Crippen molar-refractivity contribution in [2.75, 3.05) is 39.4 Å². The second kappa shape index (κ2) is 7.79. The van der Waals surface area contributed by atoms with Gasteiger partial charge in [0.2, 0.25) is 11.8 Å². The van der Waals surface area contributed by atoms with Crippen LogP contribution in [-0.4, -0.2) is 78.3 Å². The Hall–Kier alpha value is -2.56. The predicted octanol–water partition coefficient (Wildman–Crippen LogP) is 1.90. The van der Waals surface area contributed by atoms with Gasteiger partial charge in [0.25, 0.3) is 0 Å². The number of carbonyl (C=O) groups excluding carboxylic acids is 2. The molecule has 4 heterocycles. The van der Waals surface area contributed by atoms with Gasteiger partial charge < -0.3 is 24.6 Å². The summed E-state index contributed by atoms with van der Waals surface area (Å²) in [6.45, 7) is 3.04. The Morgan fingerprint density at radius 1 is 1.25 bits per heavy atom. The SMILES string of the molecule is O=C1COC[C@H]2CCN(C(=O)N3CC4(CC(Oc5ccc(C(F)(F)F)cn5)C4)C3)C[C@H]2N1. The fourth-order valence-electron chi connectivity index (χ4n) is 5.22. The Balaban J connectivity index is 1.08. The summed E-state index contributed by atoms with van der Waals surface area (Å²) >= 11 is 0. The number of urea groups is 1. The summed E-state index contributed by atoms with van der Waals surface area (Å²) in [4.78, 5) is 32.0. The number of rotatable bonds is 2. The van der Waals surface area contributed by atoms with E-state index < -0.39 is 11.7 Å². The van der Waals surface area contributed by atoms with E-state index in [-0.39, 0.29) is 47.9 Å². The molecule has 4 aliphatic rings. The summed E-state index contributed by atoms with van der Waals surface area (Å²) in [5, 5.41) is 2.96. The fraction of sp³-hybridized carbons (Fsp3) is 0.667. The first-order valence-corrected chi connectivity index (χ1v) is 10.8. The number of pyridine rings is 1. The van der Waals surface area contributed by atoms with Crippen LogP contribution in [0.2, 0.25) is 0 Å². The minimum atomic E-state index is -4.42. The molecule has 4 fully saturated rings. The van der Waals surface area contributed by atoms with Crippen molar-refractivity contribution in [1.82, 2.24) is 20.1 Å². The van der Waals surface area contributed by atoms with E-state index in [1.54, 1.807) is 4.90 Å². The molecule has 1 aromatic heterocycles. The second-order valence-corrected chi connectivity index (χ2v) is 9.35. The topological polar surface area (TPSA) is 84.0 Å². The molecule has 2 atom stereocenters.